The maximum Gasteiger partial charge on any atom is 0.271 e. The molecular formula is C14H14N2O2. The second kappa shape index (κ2) is 5.82. The molecule has 1 aromatic carbocycles. The van der Waals surface area contributed by atoms with Crippen molar-refractivity contribution in [2.75, 3.05) is 0 Å². The minimum absolute atomic E-state index is 0.236. The molecule has 2 rings (SSSR count). The Kier molecular flexibility index (Phi) is 3.91. The molecule has 1 heterocycles. The predicted molar refractivity (Wildman–Crippen MR) is 69.6 cm³/mol. The molecule has 4 nitrogen and oxygen atoms in total. The Balaban J connectivity index is 1.95. The van der Waals surface area contributed by atoms with Crippen LogP contribution in [0.25, 0.3) is 0 Å². The maximum atomic E-state index is 11.7. The van der Waals surface area contributed by atoms with E-state index in [0.29, 0.717) is 11.3 Å². The van der Waals surface area contributed by atoms with Crippen molar-refractivity contribution in [3.8, 4) is 0 Å². The first kappa shape index (κ1) is 12.1. The number of hydrogen-bond donors (Lipinski definition) is 1. The molecule has 92 valence electrons. The van der Waals surface area contributed by atoms with Crippen LogP contribution in [0.2, 0.25) is 0 Å². The van der Waals surface area contributed by atoms with E-state index in [0.717, 1.165) is 6.42 Å². The molecule has 4 heteroatoms. The SMILES string of the molecule is CCc1ccc(C(=O)N/N=C\c2ccco2)cc1. The van der Waals surface area contributed by atoms with E-state index in [1.54, 1.807) is 30.5 Å². The molecule has 0 spiro atoms. The normalized spacial score (nSPS) is 10.7. The largest absolute Gasteiger partial charge is 0.463 e. The lowest BCUT2D eigenvalue weighted by Crippen LogP contribution is -2.17. The summed E-state index contributed by atoms with van der Waals surface area (Å²) in [6.45, 7) is 2.07. The summed E-state index contributed by atoms with van der Waals surface area (Å²) in [7, 11) is 0. The zero-order chi connectivity index (χ0) is 12.8. The first-order valence-electron chi connectivity index (χ1n) is 5.75. The minimum atomic E-state index is -0.236. The third kappa shape index (κ3) is 3.07. The molecule has 0 aliphatic heterocycles. The van der Waals surface area contributed by atoms with Gasteiger partial charge in [0.15, 0.2) is 0 Å². The molecule has 1 N–H and O–H groups in total. The molecule has 0 unspecified atom stereocenters. The molecule has 0 bridgehead atoms. The molecule has 1 amide bonds. The van der Waals surface area contributed by atoms with E-state index in [1.165, 1.54) is 11.8 Å². The van der Waals surface area contributed by atoms with E-state index in [2.05, 4.69) is 17.5 Å². The smallest absolute Gasteiger partial charge is 0.271 e. The van der Waals surface area contributed by atoms with E-state index < -0.39 is 0 Å². The molecule has 2 aromatic rings. The highest BCUT2D eigenvalue weighted by atomic mass is 16.3. The van der Waals surface area contributed by atoms with Gasteiger partial charge >= 0.3 is 0 Å². The zero-order valence-corrected chi connectivity index (χ0v) is 10.1. The Hall–Kier alpha value is -2.36. The first-order chi connectivity index (χ1) is 8.79. The van der Waals surface area contributed by atoms with Crippen molar-refractivity contribution < 1.29 is 9.21 Å². The van der Waals surface area contributed by atoms with E-state index >= 15 is 0 Å². The van der Waals surface area contributed by atoms with Gasteiger partial charge in [0, 0.05) is 5.56 Å². The monoisotopic (exact) mass is 242 g/mol. The van der Waals surface area contributed by atoms with Crippen LogP contribution in [0.4, 0.5) is 0 Å². The molecule has 0 aliphatic carbocycles. The first-order valence-corrected chi connectivity index (χ1v) is 5.75. The molecular weight excluding hydrogens is 228 g/mol. The molecule has 0 saturated heterocycles. The van der Waals surface area contributed by atoms with Crippen LogP contribution in [0.15, 0.2) is 52.2 Å². The van der Waals surface area contributed by atoms with Gasteiger partial charge in [-0.05, 0) is 36.2 Å². The van der Waals surface area contributed by atoms with Crippen LogP contribution in [0, 0.1) is 0 Å². The summed E-state index contributed by atoms with van der Waals surface area (Å²) >= 11 is 0. The Morgan fingerprint density at radius 3 is 2.72 bits per heavy atom. The highest BCUT2D eigenvalue weighted by Crippen LogP contribution is 2.04. The zero-order valence-electron chi connectivity index (χ0n) is 10.1. The summed E-state index contributed by atoms with van der Waals surface area (Å²) < 4.78 is 5.05. The average Bonchev–Trinajstić information content (AvgIpc) is 2.92. The van der Waals surface area contributed by atoms with E-state index in [-0.39, 0.29) is 5.91 Å². The second-order valence-electron chi connectivity index (χ2n) is 3.77. The van der Waals surface area contributed by atoms with Crippen molar-refractivity contribution in [2.24, 2.45) is 5.10 Å². The molecule has 0 saturated carbocycles. The number of amides is 1. The molecule has 1 aromatic heterocycles. The average molecular weight is 242 g/mol. The van der Waals surface area contributed by atoms with Gasteiger partial charge in [0.05, 0.1) is 12.5 Å². The quantitative estimate of drug-likeness (QED) is 0.661. The Bertz CT molecular complexity index is 527. The fourth-order valence-corrected chi connectivity index (χ4v) is 1.48. The Morgan fingerprint density at radius 2 is 2.11 bits per heavy atom. The number of carbonyl (C=O) groups is 1. The van der Waals surface area contributed by atoms with Crippen molar-refractivity contribution in [3.63, 3.8) is 0 Å². The third-order valence-corrected chi connectivity index (χ3v) is 2.53. The highest BCUT2D eigenvalue weighted by Gasteiger charge is 2.03. The fraction of sp³-hybridized carbons (Fsp3) is 0.143. The number of benzene rings is 1. The van der Waals surface area contributed by atoms with Crippen molar-refractivity contribution in [1.29, 1.82) is 0 Å². The fourth-order valence-electron chi connectivity index (χ4n) is 1.48. The lowest BCUT2D eigenvalue weighted by Gasteiger charge is -2.00. The number of hydrogen-bond acceptors (Lipinski definition) is 3. The van der Waals surface area contributed by atoms with Crippen LogP contribution in [-0.4, -0.2) is 12.1 Å². The number of hydrazone groups is 1. The summed E-state index contributed by atoms with van der Waals surface area (Å²) in [4.78, 5) is 11.7. The topological polar surface area (TPSA) is 54.6 Å². The number of carbonyl (C=O) groups excluding carboxylic acids is 1. The van der Waals surface area contributed by atoms with E-state index in [4.69, 9.17) is 4.42 Å². The van der Waals surface area contributed by atoms with Gasteiger partial charge in [-0.15, -0.1) is 0 Å². The standard InChI is InChI=1S/C14H14N2O2/c1-2-11-5-7-12(8-6-11)14(17)16-15-10-13-4-3-9-18-13/h3-10H,2H2,1H3,(H,16,17)/b15-10-. The molecule has 0 atom stereocenters. The number of rotatable bonds is 4. The van der Waals surface area contributed by atoms with Crippen LogP contribution in [-0.2, 0) is 6.42 Å². The second-order valence-corrected chi connectivity index (χ2v) is 3.77. The van der Waals surface area contributed by atoms with E-state index in [9.17, 15) is 4.79 Å². The third-order valence-electron chi connectivity index (χ3n) is 2.53. The molecule has 18 heavy (non-hydrogen) atoms. The molecule has 0 radical (unpaired) electrons. The van der Waals surface area contributed by atoms with Gasteiger partial charge in [0.25, 0.3) is 5.91 Å². The van der Waals surface area contributed by atoms with Gasteiger partial charge in [-0.3, -0.25) is 4.79 Å². The van der Waals surface area contributed by atoms with Gasteiger partial charge < -0.3 is 4.42 Å². The summed E-state index contributed by atoms with van der Waals surface area (Å²) in [6, 6.07) is 11.0. The number of furan rings is 1. The predicted octanol–water partition coefficient (Wildman–Crippen LogP) is 2.61. The van der Waals surface area contributed by atoms with E-state index in [1.807, 2.05) is 12.1 Å². The van der Waals surface area contributed by atoms with Crippen molar-refractivity contribution >= 4 is 12.1 Å². The Morgan fingerprint density at radius 1 is 1.33 bits per heavy atom. The summed E-state index contributed by atoms with van der Waals surface area (Å²) in [5.41, 5.74) is 4.23. The van der Waals surface area contributed by atoms with Crippen LogP contribution in [0.1, 0.15) is 28.6 Å². The Labute approximate surface area is 105 Å². The lowest BCUT2D eigenvalue weighted by atomic mass is 10.1. The molecule has 0 aliphatic rings. The lowest BCUT2D eigenvalue weighted by molar-refractivity contribution is 0.0955. The van der Waals surface area contributed by atoms with Gasteiger partial charge in [-0.2, -0.15) is 5.10 Å². The van der Waals surface area contributed by atoms with Gasteiger partial charge in [-0.1, -0.05) is 19.1 Å². The summed E-state index contributed by atoms with van der Waals surface area (Å²) in [5, 5.41) is 3.81. The van der Waals surface area contributed by atoms with Gasteiger partial charge in [0.1, 0.15) is 5.76 Å². The number of nitrogens with one attached hydrogen (secondary N) is 1. The maximum absolute atomic E-state index is 11.7. The minimum Gasteiger partial charge on any atom is -0.463 e. The van der Waals surface area contributed by atoms with Crippen molar-refractivity contribution in [1.82, 2.24) is 5.43 Å². The number of aryl methyl sites for hydroxylation is 1. The van der Waals surface area contributed by atoms with Crippen LogP contribution in [0.5, 0.6) is 0 Å². The van der Waals surface area contributed by atoms with Crippen LogP contribution < -0.4 is 5.43 Å². The summed E-state index contributed by atoms with van der Waals surface area (Å²) in [5.74, 6) is 0.358. The van der Waals surface area contributed by atoms with Gasteiger partial charge in [-0.25, -0.2) is 5.43 Å². The van der Waals surface area contributed by atoms with Crippen molar-refractivity contribution in [2.45, 2.75) is 13.3 Å². The van der Waals surface area contributed by atoms with Crippen molar-refractivity contribution in [3.05, 3.63) is 59.5 Å². The molecule has 0 fully saturated rings. The van der Waals surface area contributed by atoms with Gasteiger partial charge in [0.2, 0.25) is 0 Å². The highest BCUT2D eigenvalue weighted by molar-refractivity contribution is 5.94. The number of nitrogens with zero attached hydrogens (tertiary/aromatic N) is 1. The van der Waals surface area contributed by atoms with Crippen LogP contribution >= 0.6 is 0 Å². The summed E-state index contributed by atoms with van der Waals surface area (Å²) in [6.07, 6.45) is 3.96. The van der Waals surface area contributed by atoms with Crippen LogP contribution in [0.3, 0.4) is 0 Å².